The van der Waals surface area contributed by atoms with Crippen LogP contribution in [0.4, 0.5) is 0 Å². The van der Waals surface area contributed by atoms with Gasteiger partial charge in [0.05, 0.1) is 4.90 Å². The molecule has 27 heavy (non-hydrogen) atoms. The van der Waals surface area contributed by atoms with E-state index in [1.165, 1.54) is 3.57 Å². The van der Waals surface area contributed by atoms with E-state index in [0.717, 1.165) is 21.8 Å². The number of benzene rings is 3. The van der Waals surface area contributed by atoms with E-state index in [9.17, 15) is 4.79 Å². The molecule has 3 aromatic carbocycles. The van der Waals surface area contributed by atoms with Crippen LogP contribution in [0.5, 0.6) is 0 Å². The normalized spacial score (nSPS) is 11.9. The van der Waals surface area contributed by atoms with E-state index < -0.39 is 10.3 Å². The number of hydrogen-bond acceptors (Lipinski definition) is 2. The highest BCUT2D eigenvalue weighted by atomic mass is 127. The average molecular weight is 714 g/mol. The van der Waals surface area contributed by atoms with Gasteiger partial charge in [-0.25, -0.2) is 0 Å². The molecule has 0 saturated carbocycles. The van der Waals surface area contributed by atoms with Gasteiger partial charge in [-0.3, -0.25) is 4.79 Å². The van der Waals surface area contributed by atoms with E-state index in [2.05, 4.69) is 104 Å². The molecule has 3 rings (SSSR count). The first kappa shape index (κ1) is 21.4. The van der Waals surface area contributed by atoms with Crippen LogP contribution in [0.3, 0.4) is 0 Å². The number of carbonyl (C=O) groups is 1. The third-order valence-electron chi connectivity index (χ3n) is 3.91. The molecule has 0 fully saturated rings. The molecule has 0 atom stereocenters. The van der Waals surface area contributed by atoms with Crippen LogP contribution in [-0.4, -0.2) is 5.97 Å². The Kier molecular flexibility index (Phi) is 7.48. The summed E-state index contributed by atoms with van der Waals surface area (Å²) < 4.78 is 9.76. The molecule has 0 spiro atoms. The summed E-state index contributed by atoms with van der Waals surface area (Å²) >= 11 is 7.07. The molecule has 3 aromatic rings. The fraction of sp³-hybridized carbons (Fsp3) is 0.0952. The summed E-state index contributed by atoms with van der Waals surface area (Å²) in [6.45, 7) is 1.84. The Balaban J connectivity index is 2.43. The van der Waals surface area contributed by atoms with Gasteiger partial charge in [0.25, 0.3) is 0 Å². The Morgan fingerprint density at radius 3 is 1.70 bits per heavy atom. The lowest BCUT2D eigenvalue weighted by molar-refractivity contribution is -0.133. The SMILES string of the molecule is CCC(=O)OS(c1ccccc1)(c1ccccc1)c1c(I)cc(I)cc1I. The number of rotatable bonds is 5. The van der Waals surface area contributed by atoms with E-state index in [1.54, 1.807) is 0 Å². The molecular formula is C21H17I3O2S. The van der Waals surface area contributed by atoms with E-state index in [0.29, 0.717) is 6.42 Å². The minimum absolute atomic E-state index is 0.192. The van der Waals surface area contributed by atoms with E-state index in [4.69, 9.17) is 4.18 Å². The average Bonchev–Trinajstić information content (AvgIpc) is 2.67. The molecule has 6 heteroatoms. The number of halogens is 3. The van der Waals surface area contributed by atoms with Crippen molar-refractivity contribution < 1.29 is 8.98 Å². The van der Waals surface area contributed by atoms with Crippen LogP contribution in [0.15, 0.2) is 87.5 Å². The lowest BCUT2D eigenvalue weighted by Gasteiger charge is -2.41. The van der Waals surface area contributed by atoms with E-state index >= 15 is 0 Å². The highest BCUT2D eigenvalue weighted by Gasteiger charge is 2.38. The van der Waals surface area contributed by atoms with Crippen molar-refractivity contribution >= 4 is 84.1 Å². The second-order valence-electron chi connectivity index (χ2n) is 5.69. The van der Waals surface area contributed by atoms with Crippen molar-refractivity contribution in [2.45, 2.75) is 28.0 Å². The Labute approximate surface area is 202 Å². The van der Waals surface area contributed by atoms with Crippen LogP contribution in [0.1, 0.15) is 13.3 Å². The Hall–Kier alpha value is -0.330. The topological polar surface area (TPSA) is 26.3 Å². The van der Waals surface area contributed by atoms with Crippen LogP contribution in [-0.2, 0) is 8.98 Å². The molecule has 0 aromatic heterocycles. The van der Waals surface area contributed by atoms with Crippen molar-refractivity contribution in [1.29, 1.82) is 0 Å². The zero-order valence-electron chi connectivity index (χ0n) is 14.5. The van der Waals surface area contributed by atoms with Gasteiger partial charge in [0, 0.05) is 26.9 Å². The summed E-state index contributed by atoms with van der Waals surface area (Å²) in [6, 6.07) is 24.6. The minimum Gasteiger partial charge on any atom is -0.402 e. The van der Waals surface area contributed by atoms with Crippen LogP contribution < -0.4 is 0 Å². The quantitative estimate of drug-likeness (QED) is 0.254. The van der Waals surface area contributed by atoms with Crippen molar-refractivity contribution in [3.63, 3.8) is 0 Å². The van der Waals surface area contributed by atoms with Crippen molar-refractivity contribution in [1.82, 2.24) is 0 Å². The van der Waals surface area contributed by atoms with Gasteiger partial charge >= 0.3 is 5.97 Å². The van der Waals surface area contributed by atoms with E-state index in [-0.39, 0.29) is 5.97 Å². The molecule has 0 unspecified atom stereocenters. The summed E-state index contributed by atoms with van der Waals surface area (Å²) in [4.78, 5) is 15.8. The van der Waals surface area contributed by atoms with Crippen LogP contribution in [0.2, 0.25) is 0 Å². The maximum atomic E-state index is 12.6. The first-order valence-electron chi connectivity index (χ1n) is 8.29. The summed E-state index contributed by atoms with van der Waals surface area (Å²) in [6.07, 6.45) is 0.339. The van der Waals surface area contributed by atoms with Gasteiger partial charge in [-0.15, -0.1) is 0 Å². The van der Waals surface area contributed by atoms with Gasteiger partial charge in [0.15, 0.2) is 0 Å². The standard InChI is InChI=1S/C21H17I3O2S/c1-2-20(25)26-27(16-9-5-3-6-10-16,17-11-7-4-8-12-17)21-18(23)13-15(22)14-19(21)24/h3-14H,2H2,1H3. The molecule has 0 radical (unpaired) electrons. The summed E-state index contributed by atoms with van der Waals surface area (Å²) in [5, 5.41) is 0. The van der Waals surface area contributed by atoms with E-state index in [1.807, 2.05) is 43.3 Å². The molecule has 0 saturated heterocycles. The monoisotopic (exact) mass is 714 g/mol. The fourth-order valence-corrected chi connectivity index (χ4v) is 11.3. The third kappa shape index (κ3) is 4.48. The highest BCUT2D eigenvalue weighted by Crippen LogP contribution is 2.71. The van der Waals surface area contributed by atoms with Gasteiger partial charge in [-0.1, -0.05) is 43.3 Å². The lowest BCUT2D eigenvalue weighted by Crippen LogP contribution is -2.15. The molecular weight excluding hydrogens is 697 g/mol. The van der Waals surface area contributed by atoms with Crippen LogP contribution in [0.25, 0.3) is 0 Å². The predicted molar refractivity (Wildman–Crippen MR) is 136 cm³/mol. The minimum atomic E-state index is -2.19. The zero-order chi connectivity index (χ0) is 19.4. The largest absolute Gasteiger partial charge is 0.402 e. The van der Waals surface area contributed by atoms with Gasteiger partial charge in [0.2, 0.25) is 0 Å². The molecule has 0 aliphatic heterocycles. The molecule has 0 N–H and O–H groups in total. The van der Waals surface area contributed by atoms with Gasteiger partial charge in [0.1, 0.15) is 0 Å². The molecule has 0 amide bonds. The second kappa shape index (κ2) is 9.45. The van der Waals surface area contributed by atoms with Crippen LogP contribution in [0, 0.1) is 10.7 Å². The molecule has 0 bridgehead atoms. The van der Waals surface area contributed by atoms with Gasteiger partial charge in [-0.2, -0.15) is 0 Å². The molecule has 0 aliphatic carbocycles. The fourth-order valence-electron chi connectivity index (χ4n) is 2.74. The second-order valence-corrected chi connectivity index (χ2v) is 11.9. The Bertz CT molecular complexity index is 884. The van der Waals surface area contributed by atoms with Gasteiger partial charge < -0.3 is 4.18 Å². The van der Waals surface area contributed by atoms with Crippen molar-refractivity contribution in [3.8, 4) is 0 Å². The van der Waals surface area contributed by atoms with Gasteiger partial charge in [-0.05, 0) is 114 Å². The molecule has 0 aliphatic rings. The lowest BCUT2D eigenvalue weighted by atomic mass is 10.4. The number of hydrogen-bond donors (Lipinski definition) is 0. The molecule has 0 heterocycles. The van der Waals surface area contributed by atoms with Crippen LogP contribution >= 0.6 is 78.1 Å². The molecule has 140 valence electrons. The smallest absolute Gasteiger partial charge is 0.316 e. The maximum Gasteiger partial charge on any atom is 0.316 e. The molecule has 2 nitrogen and oxygen atoms in total. The third-order valence-corrected chi connectivity index (χ3v) is 10.3. The Morgan fingerprint density at radius 1 is 0.852 bits per heavy atom. The highest BCUT2D eigenvalue weighted by molar-refractivity contribution is 14.1. The predicted octanol–water partition coefficient (Wildman–Crippen LogP) is 7.65. The maximum absolute atomic E-state index is 12.6. The Morgan fingerprint density at radius 2 is 1.30 bits per heavy atom. The summed E-state index contributed by atoms with van der Waals surface area (Å²) in [7, 11) is -2.19. The van der Waals surface area contributed by atoms with Crippen molar-refractivity contribution in [2.75, 3.05) is 0 Å². The summed E-state index contributed by atoms with van der Waals surface area (Å²) in [5.41, 5.74) is 0. The van der Waals surface area contributed by atoms with Crippen molar-refractivity contribution in [2.24, 2.45) is 0 Å². The first-order valence-corrected chi connectivity index (χ1v) is 13.1. The summed E-state index contributed by atoms with van der Waals surface area (Å²) in [5.74, 6) is -0.192. The zero-order valence-corrected chi connectivity index (χ0v) is 21.8. The van der Waals surface area contributed by atoms with Crippen molar-refractivity contribution in [3.05, 3.63) is 83.5 Å². The first-order chi connectivity index (χ1) is 13.0. The number of carbonyl (C=O) groups excluding carboxylic acids is 1.